The number of aromatic nitrogens is 2. The molecule has 2 amide bonds. The van der Waals surface area contributed by atoms with Gasteiger partial charge >= 0.3 is 6.09 Å². The van der Waals surface area contributed by atoms with Gasteiger partial charge in [-0.15, -0.1) is 0 Å². The van der Waals surface area contributed by atoms with Gasteiger partial charge in [-0.2, -0.15) is 0 Å². The number of carbonyl (C=O) groups is 2. The first kappa shape index (κ1) is 36.9. The highest BCUT2D eigenvalue weighted by atomic mass is 16.6. The van der Waals surface area contributed by atoms with Crippen LogP contribution in [0, 0.1) is 6.92 Å². The van der Waals surface area contributed by atoms with Gasteiger partial charge in [0.2, 0.25) is 5.91 Å². The van der Waals surface area contributed by atoms with Crippen LogP contribution in [0.5, 0.6) is 11.5 Å². The maximum absolute atomic E-state index is 14.4. The molecule has 1 saturated heterocycles. The molecule has 4 aromatic rings. The minimum absolute atomic E-state index is 0.261. The molecule has 51 heavy (non-hydrogen) atoms. The quantitative estimate of drug-likeness (QED) is 0.151. The molecule has 0 spiro atoms. The molecular weight excluding hydrogens is 648 g/mol. The predicted molar refractivity (Wildman–Crippen MR) is 202 cm³/mol. The summed E-state index contributed by atoms with van der Waals surface area (Å²) in [6, 6.07) is 14.8. The van der Waals surface area contributed by atoms with Crippen molar-refractivity contribution in [1.82, 2.24) is 19.8 Å². The number of ether oxygens (including phenoxy) is 3. The van der Waals surface area contributed by atoms with Crippen LogP contribution in [0.15, 0.2) is 72.2 Å². The average molecular weight is 697 g/mol. The zero-order valence-corrected chi connectivity index (χ0v) is 30.6. The fourth-order valence-corrected chi connectivity index (χ4v) is 6.14. The van der Waals surface area contributed by atoms with Gasteiger partial charge in [0.1, 0.15) is 22.9 Å². The number of benzene rings is 2. The number of para-hydroxylation sites is 1. The number of piperazine rings is 1. The molecule has 2 aromatic heterocycles. The lowest BCUT2D eigenvalue weighted by molar-refractivity contribution is -0.116. The number of hydrogen-bond donors (Lipinski definition) is 1. The van der Waals surface area contributed by atoms with Crippen molar-refractivity contribution >= 4 is 40.1 Å². The first-order valence-corrected chi connectivity index (χ1v) is 17.1. The summed E-state index contributed by atoms with van der Waals surface area (Å²) in [6.07, 6.45) is 2.76. The van der Waals surface area contributed by atoms with Crippen molar-refractivity contribution in [3.63, 3.8) is 0 Å². The predicted octanol–water partition coefficient (Wildman–Crippen LogP) is 5.91. The van der Waals surface area contributed by atoms with E-state index in [0.29, 0.717) is 58.0 Å². The lowest BCUT2D eigenvalue weighted by Crippen LogP contribution is -2.45. The molecule has 0 atom stereocenters. The van der Waals surface area contributed by atoms with Gasteiger partial charge in [0.15, 0.2) is 0 Å². The van der Waals surface area contributed by atoms with Crippen molar-refractivity contribution in [2.24, 2.45) is 0 Å². The van der Waals surface area contributed by atoms with Crippen LogP contribution in [0.2, 0.25) is 0 Å². The Kier molecular flexibility index (Phi) is 11.3. The molecule has 1 fully saturated rings. The molecule has 270 valence electrons. The van der Waals surface area contributed by atoms with E-state index in [0.717, 1.165) is 37.4 Å². The van der Waals surface area contributed by atoms with E-state index in [-0.39, 0.29) is 18.0 Å². The van der Waals surface area contributed by atoms with E-state index >= 15 is 0 Å². The summed E-state index contributed by atoms with van der Waals surface area (Å²) in [5.74, 6) is 1.10. The second-order valence-corrected chi connectivity index (χ2v) is 13.6. The molecule has 5 rings (SSSR count). The Balaban J connectivity index is 1.71. The molecule has 0 radical (unpaired) electrons. The molecule has 0 saturated carbocycles. The van der Waals surface area contributed by atoms with Crippen molar-refractivity contribution in [1.29, 1.82) is 0 Å². The number of hydrogen-bond acceptors (Lipinski definition) is 9. The topological polar surface area (TPSA) is 118 Å². The van der Waals surface area contributed by atoms with E-state index in [1.807, 2.05) is 45.9 Å². The zero-order valence-electron chi connectivity index (χ0n) is 30.6. The van der Waals surface area contributed by atoms with E-state index in [4.69, 9.17) is 19.2 Å². The number of rotatable bonds is 11. The summed E-state index contributed by atoms with van der Waals surface area (Å²) in [7, 11) is 5.21. The van der Waals surface area contributed by atoms with Crippen LogP contribution in [0.3, 0.4) is 0 Å². The summed E-state index contributed by atoms with van der Waals surface area (Å²) in [5.41, 5.74) is 3.00. The van der Waals surface area contributed by atoms with Gasteiger partial charge in [0.05, 0.1) is 31.1 Å². The Hall–Kier alpha value is -5.36. The fraction of sp³-hybridized carbons (Fsp3) is 0.385. The van der Waals surface area contributed by atoms with Crippen molar-refractivity contribution in [3.8, 4) is 22.6 Å². The van der Waals surface area contributed by atoms with Crippen LogP contribution in [-0.4, -0.2) is 86.0 Å². The molecule has 12 heteroatoms. The average Bonchev–Trinajstić information content (AvgIpc) is 3.10. The van der Waals surface area contributed by atoms with E-state index in [1.54, 1.807) is 55.3 Å². The molecule has 1 aliphatic rings. The first-order valence-electron chi connectivity index (χ1n) is 17.1. The van der Waals surface area contributed by atoms with E-state index < -0.39 is 11.7 Å². The van der Waals surface area contributed by atoms with Crippen LogP contribution in [0.4, 0.5) is 22.0 Å². The Morgan fingerprint density at radius 1 is 1.02 bits per heavy atom. The highest BCUT2D eigenvalue weighted by Gasteiger charge is 2.31. The molecule has 2 aromatic carbocycles. The van der Waals surface area contributed by atoms with Gasteiger partial charge < -0.3 is 33.9 Å². The van der Waals surface area contributed by atoms with Crippen molar-refractivity contribution < 1.29 is 23.8 Å². The van der Waals surface area contributed by atoms with Gasteiger partial charge in [-0.25, -0.2) is 14.7 Å². The third-order valence-corrected chi connectivity index (χ3v) is 8.76. The maximum Gasteiger partial charge on any atom is 0.420 e. The molecular formula is C39H48N6O6. The Morgan fingerprint density at radius 2 is 1.71 bits per heavy atom. The second kappa shape index (κ2) is 15.7. The largest absolute Gasteiger partial charge is 0.497 e. The van der Waals surface area contributed by atoms with Gasteiger partial charge in [0, 0.05) is 68.5 Å². The minimum Gasteiger partial charge on any atom is -0.497 e. The normalized spacial score (nSPS) is 13.5. The van der Waals surface area contributed by atoms with Crippen LogP contribution in [-0.2, 0) is 16.1 Å². The third-order valence-electron chi connectivity index (χ3n) is 8.76. The molecule has 0 bridgehead atoms. The Labute approximate surface area is 299 Å². The Bertz CT molecular complexity index is 1950. The van der Waals surface area contributed by atoms with E-state index in [1.165, 1.54) is 11.0 Å². The number of methoxy groups -OCH3 is 2. The summed E-state index contributed by atoms with van der Waals surface area (Å²) < 4.78 is 18.7. The van der Waals surface area contributed by atoms with Crippen molar-refractivity contribution in [2.75, 3.05) is 63.8 Å². The van der Waals surface area contributed by atoms with Crippen LogP contribution in [0.1, 0.15) is 32.8 Å². The first-order chi connectivity index (χ1) is 24.3. The fourth-order valence-electron chi connectivity index (χ4n) is 6.14. The molecule has 1 aliphatic heterocycles. The van der Waals surface area contributed by atoms with Crippen molar-refractivity contribution in [2.45, 2.75) is 46.3 Å². The number of nitrogens with one attached hydrogen (secondary N) is 1. The number of pyridine rings is 2. The molecule has 0 unspecified atom stereocenters. The summed E-state index contributed by atoms with van der Waals surface area (Å²) >= 11 is 0. The molecule has 1 N–H and O–H groups in total. The SMILES string of the molecule is C=CC(=O)NCCCn1c(=O)c(-c2cc(OC)cc(OC)c2)cc2cnc(N(C(=O)OC(C)(C)C)c3c(C)cccc3N3CCN(C)CC3)cc21. The minimum atomic E-state index is -0.784. The lowest BCUT2D eigenvalue weighted by atomic mass is 10.0. The van der Waals surface area contributed by atoms with Gasteiger partial charge in [-0.3, -0.25) is 9.59 Å². The number of aryl methyl sites for hydroxylation is 2. The Morgan fingerprint density at radius 3 is 2.33 bits per heavy atom. The van der Waals surface area contributed by atoms with Gasteiger partial charge in [-0.05, 0) is 82.6 Å². The molecule has 3 heterocycles. The standard InChI is InChI=1S/C39H48N6O6/c1-9-35(46)40-14-11-15-44-33-24-34(41-25-28(33)22-31(37(44)47)27-20-29(49-7)23-30(21-27)50-8)45(38(48)51-39(3,4)5)36-26(2)12-10-13-32(36)43-18-16-42(6)17-19-43/h9-10,12-13,20-25H,1,11,14-19H2,2-8H3,(H,40,46). The number of likely N-dealkylation sites (N-methyl/N-ethyl adjacent to an activating group) is 1. The highest BCUT2D eigenvalue weighted by molar-refractivity contribution is 6.01. The number of anilines is 3. The van der Waals surface area contributed by atoms with E-state index in [9.17, 15) is 14.4 Å². The number of fused-ring (bicyclic) bond motifs is 1. The van der Waals surface area contributed by atoms with Crippen LogP contribution >= 0.6 is 0 Å². The molecule has 0 aliphatic carbocycles. The van der Waals surface area contributed by atoms with Gasteiger partial charge in [0.25, 0.3) is 5.56 Å². The van der Waals surface area contributed by atoms with Gasteiger partial charge in [-0.1, -0.05) is 18.7 Å². The van der Waals surface area contributed by atoms with Crippen LogP contribution in [0.25, 0.3) is 22.0 Å². The number of nitrogens with zero attached hydrogens (tertiary/aromatic N) is 5. The molecule has 12 nitrogen and oxygen atoms in total. The summed E-state index contributed by atoms with van der Waals surface area (Å²) in [5, 5.41) is 3.46. The van der Waals surface area contributed by atoms with Crippen LogP contribution < -0.4 is 30.1 Å². The maximum atomic E-state index is 14.4. The lowest BCUT2D eigenvalue weighted by Gasteiger charge is -2.37. The highest BCUT2D eigenvalue weighted by Crippen LogP contribution is 2.39. The monoisotopic (exact) mass is 696 g/mol. The summed E-state index contributed by atoms with van der Waals surface area (Å²) in [4.78, 5) is 51.5. The zero-order chi connectivity index (χ0) is 36.9. The second-order valence-electron chi connectivity index (χ2n) is 13.6. The summed E-state index contributed by atoms with van der Waals surface area (Å²) in [6.45, 7) is 14.9. The smallest absolute Gasteiger partial charge is 0.420 e. The van der Waals surface area contributed by atoms with Crippen molar-refractivity contribution in [3.05, 3.63) is 83.3 Å². The third kappa shape index (κ3) is 8.51. The number of carbonyl (C=O) groups excluding carboxylic acids is 2. The van der Waals surface area contributed by atoms with E-state index in [2.05, 4.69) is 28.7 Å². The number of amides is 2.